The highest BCUT2D eigenvalue weighted by molar-refractivity contribution is 5.84. The summed E-state index contributed by atoms with van der Waals surface area (Å²) in [6.07, 6.45) is 2.64. The maximum Gasteiger partial charge on any atom is 0.136 e. The van der Waals surface area contributed by atoms with E-state index in [0.717, 1.165) is 0 Å². The molecule has 0 aromatic carbocycles. The van der Waals surface area contributed by atoms with E-state index in [4.69, 9.17) is 0 Å². The van der Waals surface area contributed by atoms with Crippen LogP contribution >= 0.6 is 0 Å². The van der Waals surface area contributed by atoms with Crippen LogP contribution in [0.2, 0.25) is 0 Å². The van der Waals surface area contributed by atoms with Gasteiger partial charge in [-0.2, -0.15) is 0 Å². The van der Waals surface area contributed by atoms with Gasteiger partial charge >= 0.3 is 0 Å². The fraction of sp³-hybridized carbons (Fsp3) is 0.700. The average molecular weight is 152 g/mol. The van der Waals surface area contributed by atoms with Crippen molar-refractivity contribution in [1.29, 1.82) is 0 Å². The fourth-order valence-electron chi connectivity index (χ4n) is 2.13. The summed E-state index contributed by atoms with van der Waals surface area (Å²) in [7, 11) is 0. The summed E-state index contributed by atoms with van der Waals surface area (Å²) in [6, 6.07) is 0. The van der Waals surface area contributed by atoms with Crippen molar-refractivity contribution in [2.45, 2.75) is 27.2 Å². The zero-order chi connectivity index (χ0) is 8.65. The van der Waals surface area contributed by atoms with E-state index in [9.17, 15) is 4.79 Å². The Morgan fingerprint density at radius 2 is 2.18 bits per heavy atom. The first-order valence-corrected chi connectivity index (χ1v) is 4.14. The summed E-state index contributed by atoms with van der Waals surface area (Å²) in [5.41, 5.74) is 0.137. The Morgan fingerprint density at radius 3 is 2.36 bits per heavy atom. The minimum atomic E-state index is 0.137. The molecule has 2 atom stereocenters. The third kappa shape index (κ3) is 1.24. The monoisotopic (exact) mass is 152 g/mol. The van der Waals surface area contributed by atoms with Crippen molar-refractivity contribution >= 4 is 5.78 Å². The lowest BCUT2D eigenvalue weighted by atomic mass is 9.79. The van der Waals surface area contributed by atoms with Crippen LogP contribution in [0.5, 0.6) is 0 Å². The number of Topliss-reactive ketones (excluding diaryl/α,β-unsaturated/α-hetero) is 1. The molecule has 0 radical (unpaired) electrons. The predicted molar refractivity (Wildman–Crippen MR) is 46.3 cm³/mol. The van der Waals surface area contributed by atoms with Gasteiger partial charge in [0.1, 0.15) is 5.78 Å². The van der Waals surface area contributed by atoms with Crippen molar-refractivity contribution in [2.75, 3.05) is 0 Å². The summed E-state index contributed by atoms with van der Waals surface area (Å²) in [5, 5.41) is 0. The van der Waals surface area contributed by atoms with Crippen molar-refractivity contribution in [3.63, 3.8) is 0 Å². The van der Waals surface area contributed by atoms with Crippen molar-refractivity contribution in [2.24, 2.45) is 17.3 Å². The van der Waals surface area contributed by atoms with E-state index >= 15 is 0 Å². The Kier molecular flexibility index (Phi) is 1.91. The number of hydrogen-bond donors (Lipinski definition) is 0. The fourth-order valence-corrected chi connectivity index (χ4v) is 2.13. The smallest absolute Gasteiger partial charge is 0.136 e. The molecule has 0 heterocycles. The summed E-state index contributed by atoms with van der Waals surface area (Å²) in [5.74, 6) is 0.942. The molecule has 0 N–H and O–H groups in total. The molecule has 1 aliphatic carbocycles. The second-order valence-electron chi connectivity index (χ2n) is 4.18. The lowest BCUT2D eigenvalue weighted by molar-refractivity contribution is -0.120. The molecule has 0 amide bonds. The molecule has 1 saturated carbocycles. The van der Waals surface area contributed by atoms with Gasteiger partial charge < -0.3 is 0 Å². The number of allylic oxidation sites excluding steroid dienone is 1. The van der Waals surface area contributed by atoms with Crippen LogP contribution in [0, 0.1) is 17.3 Å². The molecule has 1 aliphatic rings. The molecule has 62 valence electrons. The van der Waals surface area contributed by atoms with Crippen LogP contribution in [0.3, 0.4) is 0 Å². The standard InChI is InChI=1S/C10H16O/c1-5-8-7(2)9(11)6-10(8,3)4/h5,7-8H,1,6H2,2-4H3. The average Bonchev–Trinajstić information content (AvgIpc) is 2.03. The minimum absolute atomic E-state index is 0.137. The van der Waals surface area contributed by atoms with Crippen molar-refractivity contribution in [3.8, 4) is 0 Å². The van der Waals surface area contributed by atoms with Crippen molar-refractivity contribution in [3.05, 3.63) is 12.7 Å². The van der Waals surface area contributed by atoms with Crippen LogP contribution in [-0.4, -0.2) is 5.78 Å². The molecule has 0 aromatic heterocycles. The number of hydrogen-bond acceptors (Lipinski definition) is 1. The first-order chi connectivity index (χ1) is 4.99. The number of carbonyl (C=O) groups excluding carboxylic acids is 1. The van der Waals surface area contributed by atoms with E-state index in [2.05, 4.69) is 20.4 Å². The van der Waals surface area contributed by atoms with Gasteiger partial charge in [0.25, 0.3) is 0 Å². The molecular formula is C10H16O. The van der Waals surface area contributed by atoms with Crippen LogP contribution in [0.1, 0.15) is 27.2 Å². The Labute approximate surface area is 68.5 Å². The molecule has 2 unspecified atom stereocenters. The second-order valence-corrected chi connectivity index (χ2v) is 4.18. The molecule has 1 nitrogen and oxygen atoms in total. The molecule has 0 spiro atoms. The quantitative estimate of drug-likeness (QED) is 0.527. The zero-order valence-electron chi connectivity index (χ0n) is 7.55. The Balaban J connectivity index is 2.90. The van der Waals surface area contributed by atoms with Crippen molar-refractivity contribution < 1.29 is 4.79 Å². The van der Waals surface area contributed by atoms with E-state index in [0.29, 0.717) is 18.1 Å². The second kappa shape index (κ2) is 2.47. The first-order valence-electron chi connectivity index (χ1n) is 4.14. The van der Waals surface area contributed by atoms with Crippen molar-refractivity contribution in [1.82, 2.24) is 0 Å². The lowest BCUT2D eigenvalue weighted by Gasteiger charge is -2.24. The highest BCUT2D eigenvalue weighted by Gasteiger charge is 2.43. The van der Waals surface area contributed by atoms with Gasteiger partial charge in [-0.05, 0) is 11.3 Å². The summed E-state index contributed by atoms with van der Waals surface area (Å²) in [4.78, 5) is 11.3. The Morgan fingerprint density at radius 1 is 1.64 bits per heavy atom. The molecule has 11 heavy (non-hydrogen) atoms. The molecule has 1 rings (SSSR count). The van der Waals surface area contributed by atoms with Gasteiger partial charge in [0.15, 0.2) is 0 Å². The Bertz CT molecular complexity index is 191. The van der Waals surface area contributed by atoms with Crippen LogP contribution in [0.15, 0.2) is 12.7 Å². The third-order valence-electron chi connectivity index (χ3n) is 2.83. The van der Waals surface area contributed by atoms with Crippen LogP contribution in [0.4, 0.5) is 0 Å². The van der Waals surface area contributed by atoms with E-state index in [1.165, 1.54) is 0 Å². The van der Waals surface area contributed by atoms with E-state index in [1.807, 2.05) is 13.0 Å². The summed E-state index contributed by atoms with van der Waals surface area (Å²) in [6.45, 7) is 10.1. The SMILES string of the molecule is C=CC1C(C)C(=O)CC1(C)C. The van der Waals surface area contributed by atoms with E-state index in [1.54, 1.807) is 0 Å². The van der Waals surface area contributed by atoms with Gasteiger partial charge in [0.05, 0.1) is 0 Å². The Hall–Kier alpha value is -0.590. The maximum absolute atomic E-state index is 11.3. The molecule has 0 aromatic rings. The molecule has 0 aliphatic heterocycles. The highest BCUT2D eigenvalue weighted by atomic mass is 16.1. The number of rotatable bonds is 1. The van der Waals surface area contributed by atoms with Crippen LogP contribution < -0.4 is 0 Å². The number of carbonyl (C=O) groups is 1. The predicted octanol–water partition coefficient (Wildman–Crippen LogP) is 2.42. The van der Waals surface area contributed by atoms with Gasteiger partial charge in [0.2, 0.25) is 0 Å². The first kappa shape index (κ1) is 8.51. The van der Waals surface area contributed by atoms with Gasteiger partial charge in [0, 0.05) is 12.3 Å². The van der Waals surface area contributed by atoms with E-state index < -0.39 is 0 Å². The normalized spacial score (nSPS) is 35.7. The van der Waals surface area contributed by atoms with Crippen LogP contribution in [-0.2, 0) is 4.79 Å². The van der Waals surface area contributed by atoms with Gasteiger partial charge in [-0.25, -0.2) is 0 Å². The molecular weight excluding hydrogens is 136 g/mol. The molecule has 1 fully saturated rings. The molecule has 1 heteroatoms. The molecule has 0 bridgehead atoms. The third-order valence-corrected chi connectivity index (χ3v) is 2.83. The van der Waals surface area contributed by atoms with Gasteiger partial charge in [-0.3, -0.25) is 4.79 Å². The summed E-state index contributed by atoms with van der Waals surface area (Å²) >= 11 is 0. The van der Waals surface area contributed by atoms with Gasteiger partial charge in [-0.1, -0.05) is 26.8 Å². The van der Waals surface area contributed by atoms with Gasteiger partial charge in [-0.15, -0.1) is 6.58 Å². The topological polar surface area (TPSA) is 17.1 Å². The largest absolute Gasteiger partial charge is 0.299 e. The van der Waals surface area contributed by atoms with Crippen LogP contribution in [0.25, 0.3) is 0 Å². The zero-order valence-corrected chi connectivity index (χ0v) is 7.55. The molecule has 0 saturated heterocycles. The highest BCUT2D eigenvalue weighted by Crippen LogP contribution is 2.44. The summed E-state index contributed by atoms with van der Waals surface area (Å²) < 4.78 is 0. The lowest BCUT2D eigenvalue weighted by Crippen LogP contribution is -2.18. The minimum Gasteiger partial charge on any atom is -0.299 e. The number of ketones is 1. The maximum atomic E-state index is 11.3. The van der Waals surface area contributed by atoms with E-state index in [-0.39, 0.29) is 11.3 Å².